The zero-order valence-corrected chi connectivity index (χ0v) is 15.7. The lowest BCUT2D eigenvalue weighted by Gasteiger charge is -2.04. The number of nitrogens with one attached hydrogen (secondary N) is 1. The fraction of sp³-hybridized carbons (Fsp3) is 0.158. The highest BCUT2D eigenvalue weighted by Crippen LogP contribution is 2.37. The summed E-state index contributed by atoms with van der Waals surface area (Å²) < 4.78 is 10.8. The molecule has 1 N–H and O–H groups in total. The standard InChI is InChI=1S/C19H15ClN2O3S/c1-10-6-15-16(25-9-24-15)7-12(10)8-17-18(23)22-19(26-17)21-14-5-3-4-13(20)11(14)2/h3-8H,9H2,1-2H3,(H,21,22,23)/b17-8+. The minimum absolute atomic E-state index is 0.175. The Kier molecular flexibility index (Phi) is 4.38. The van der Waals surface area contributed by atoms with Gasteiger partial charge in [0.1, 0.15) is 0 Å². The number of carbonyl (C=O) groups is 1. The monoisotopic (exact) mass is 386 g/mol. The Hall–Kier alpha value is -2.44. The molecule has 0 unspecified atom stereocenters. The zero-order valence-electron chi connectivity index (χ0n) is 14.1. The van der Waals surface area contributed by atoms with Gasteiger partial charge in [0.25, 0.3) is 5.91 Å². The zero-order chi connectivity index (χ0) is 18.3. The molecule has 5 nitrogen and oxygen atoms in total. The summed E-state index contributed by atoms with van der Waals surface area (Å²) >= 11 is 7.43. The number of halogens is 1. The number of hydrogen-bond acceptors (Lipinski definition) is 5. The topological polar surface area (TPSA) is 59.9 Å². The summed E-state index contributed by atoms with van der Waals surface area (Å²) in [7, 11) is 0. The number of nitrogens with zero attached hydrogens (tertiary/aromatic N) is 1. The predicted molar refractivity (Wildman–Crippen MR) is 104 cm³/mol. The second-order valence-corrected chi connectivity index (χ2v) is 7.37. The lowest BCUT2D eigenvalue weighted by atomic mass is 10.1. The van der Waals surface area contributed by atoms with E-state index in [9.17, 15) is 4.79 Å². The molecule has 132 valence electrons. The van der Waals surface area contributed by atoms with Gasteiger partial charge in [-0.2, -0.15) is 0 Å². The van der Waals surface area contributed by atoms with Crippen LogP contribution in [0.25, 0.3) is 6.08 Å². The van der Waals surface area contributed by atoms with Gasteiger partial charge in [0.15, 0.2) is 16.7 Å². The third-order valence-corrected chi connectivity index (χ3v) is 5.48. The van der Waals surface area contributed by atoms with Crippen molar-refractivity contribution >= 4 is 46.2 Å². The molecule has 0 atom stereocenters. The SMILES string of the molecule is Cc1cc2c(cc1/C=C1/SC(=Nc3cccc(Cl)c3C)NC1=O)OCO2. The van der Waals surface area contributed by atoms with E-state index < -0.39 is 0 Å². The molecule has 2 aromatic carbocycles. The van der Waals surface area contributed by atoms with Crippen molar-refractivity contribution in [1.82, 2.24) is 5.32 Å². The fourth-order valence-corrected chi connectivity index (χ4v) is 3.66. The van der Waals surface area contributed by atoms with E-state index in [0.717, 1.165) is 28.1 Å². The van der Waals surface area contributed by atoms with Crippen molar-refractivity contribution in [2.24, 2.45) is 4.99 Å². The van der Waals surface area contributed by atoms with Crippen LogP contribution in [0.15, 0.2) is 40.2 Å². The van der Waals surface area contributed by atoms with Crippen LogP contribution in [0, 0.1) is 13.8 Å². The van der Waals surface area contributed by atoms with E-state index in [2.05, 4.69) is 10.3 Å². The molecule has 2 heterocycles. The first kappa shape index (κ1) is 17.0. The van der Waals surface area contributed by atoms with Crippen molar-refractivity contribution in [3.05, 3.63) is 56.9 Å². The molecule has 1 amide bonds. The van der Waals surface area contributed by atoms with Crippen LogP contribution < -0.4 is 14.8 Å². The molecule has 0 bridgehead atoms. The number of rotatable bonds is 2. The highest BCUT2D eigenvalue weighted by molar-refractivity contribution is 8.18. The predicted octanol–water partition coefficient (Wildman–Crippen LogP) is 4.58. The second-order valence-electron chi connectivity index (χ2n) is 5.93. The van der Waals surface area contributed by atoms with Gasteiger partial charge in [-0.25, -0.2) is 4.99 Å². The molecule has 0 aromatic heterocycles. The van der Waals surface area contributed by atoms with E-state index in [1.807, 2.05) is 50.3 Å². The number of ether oxygens (including phenoxy) is 2. The van der Waals surface area contributed by atoms with E-state index in [1.165, 1.54) is 11.8 Å². The number of aliphatic imine (C=N–C) groups is 1. The smallest absolute Gasteiger partial charge is 0.264 e. The van der Waals surface area contributed by atoms with Gasteiger partial charge in [-0.15, -0.1) is 0 Å². The first-order chi connectivity index (χ1) is 12.5. The van der Waals surface area contributed by atoms with Crippen LogP contribution in [-0.2, 0) is 4.79 Å². The van der Waals surface area contributed by atoms with Crippen LogP contribution in [-0.4, -0.2) is 17.9 Å². The highest BCUT2D eigenvalue weighted by atomic mass is 35.5. The quantitative estimate of drug-likeness (QED) is 0.767. The van der Waals surface area contributed by atoms with Crippen LogP contribution in [0.4, 0.5) is 5.69 Å². The molecule has 0 spiro atoms. The molecule has 1 saturated heterocycles. The van der Waals surface area contributed by atoms with Crippen molar-refractivity contribution in [3.63, 3.8) is 0 Å². The van der Waals surface area contributed by atoms with Crippen LogP contribution in [0.5, 0.6) is 11.5 Å². The summed E-state index contributed by atoms with van der Waals surface area (Å²) in [6.45, 7) is 4.09. The summed E-state index contributed by atoms with van der Waals surface area (Å²) in [6, 6.07) is 9.31. The fourth-order valence-electron chi connectivity index (χ4n) is 2.66. The number of aryl methyl sites for hydroxylation is 1. The minimum Gasteiger partial charge on any atom is -0.454 e. The molecule has 0 radical (unpaired) electrons. The van der Waals surface area contributed by atoms with E-state index in [4.69, 9.17) is 21.1 Å². The largest absolute Gasteiger partial charge is 0.454 e. The van der Waals surface area contributed by atoms with Crippen molar-refractivity contribution in [2.45, 2.75) is 13.8 Å². The van der Waals surface area contributed by atoms with Gasteiger partial charge in [-0.05, 0) is 72.6 Å². The average Bonchev–Trinajstić information content (AvgIpc) is 3.18. The Labute approximate surface area is 160 Å². The summed E-state index contributed by atoms with van der Waals surface area (Å²) in [6.07, 6.45) is 1.84. The maximum absolute atomic E-state index is 12.3. The third-order valence-electron chi connectivity index (χ3n) is 4.16. The van der Waals surface area contributed by atoms with Gasteiger partial charge in [0, 0.05) is 5.02 Å². The highest BCUT2D eigenvalue weighted by Gasteiger charge is 2.25. The van der Waals surface area contributed by atoms with Crippen LogP contribution in [0.2, 0.25) is 5.02 Å². The molecule has 0 aliphatic carbocycles. The van der Waals surface area contributed by atoms with Crippen molar-refractivity contribution < 1.29 is 14.3 Å². The third kappa shape index (κ3) is 3.18. The minimum atomic E-state index is -0.175. The number of benzene rings is 2. The summed E-state index contributed by atoms with van der Waals surface area (Å²) in [5, 5.41) is 3.98. The maximum atomic E-state index is 12.3. The Morgan fingerprint density at radius 2 is 2.00 bits per heavy atom. The Balaban J connectivity index is 1.63. The van der Waals surface area contributed by atoms with Gasteiger partial charge in [-0.1, -0.05) is 17.7 Å². The number of fused-ring (bicyclic) bond motifs is 1. The molecule has 2 aliphatic heterocycles. The molecule has 2 aliphatic rings. The van der Waals surface area contributed by atoms with Crippen molar-refractivity contribution in [1.29, 1.82) is 0 Å². The number of amidine groups is 1. The molecule has 0 saturated carbocycles. The normalized spacial score (nSPS) is 18.7. The first-order valence-corrected chi connectivity index (χ1v) is 9.15. The Morgan fingerprint density at radius 3 is 2.81 bits per heavy atom. The van der Waals surface area contributed by atoms with Crippen LogP contribution in [0.1, 0.15) is 16.7 Å². The maximum Gasteiger partial charge on any atom is 0.264 e. The van der Waals surface area contributed by atoms with E-state index in [-0.39, 0.29) is 12.7 Å². The molecule has 4 rings (SSSR count). The van der Waals surface area contributed by atoms with Gasteiger partial charge in [0.05, 0.1) is 10.6 Å². The van der Waals surface area contributed by atoms with Gasteiger partial charge >= 0.3 is 0 Å². The molecular formula is C19H15ClN2O3S. The van der Waals surface area contributed by atoms with Crippen LogP contribution in [0.3, 0.4) is 0 Å². The van der Waals surface area contributed by atoms with Gasteiger partial charge in [0.2, 0.25) is 6.79 Å². The number of carbonyl (C=O) groups excluding carboxylic acids is 1. The van der Waals surface area contributed by atoms with E-state index >= 15 is 0 Å². The van der Waals surface area contributed by atoms with Gasteiger partial charge < -0.3 is 14.8 Å². The number of amides is 1. The van der Waals surface area contributed by atoms with Gasteiger partial charge in [-0.3, -0.25) is 4.79 Å². The van der Waals surface area contributed by atoms with E-state index in [1.54, 1.807) is 0 Å². The molecule has 2 aromatic rings. The Morgan fingerprint density at radius 1 is 1.23 bits per heavy atom. The second kappa shape index (κ2) is 6.70. The summed E-state index contributed by atoms with van der Waals surface area (Å²) in [5.41, 5.74) is 3.53. The summed E-state index contributed by atoms with van der Waals surface area (Å²) in [4.78, 5) is 17.4. The lowest BCUT2D eigenvalue weighted by Crippen LogP contribution is -2.19. The molecule has 1 fully saturated rings. The lowest BCUT2D eigenvalue weighted by molar-refractivity contribution is -0.115. The van der Waals surface area contributed by atoms with Crippen LogP contribution >= 0.6 is 23.4 Å². The van der Waals surface area contributed by atoms with E-state index in [0.29, 0.717) is 20.8 Å². The van der Waals surface area contributed by atoms with Crippen molar-refractivity contribution in [3.8, 4) is 11.5 Å². The Bertz CT molecular complexity index is 985. The number of hydrogen-bond donors (Lipinski definition) is 1. The molecule has 26 heavy (non-hydrogen) atoms. The molecular weight excluding hydrogens is 372 g/mol. The first-order valence-electron chi connectivity index (χ1n) is 7.96. The van der Waals surface area contributed by atoms with Crippen molar-refractivity contribution in [2.75, 3.05) is 6.79 Å². The number of thioether (sulfide) groups is 1. The molecule has 7 heteroatoms. The summed E-state index contributed by atoms with van der Waals surface area (Å²) in [5.74, 6) is 1.24. The average molecular weight is 387 g/mol.